The quantitative estimate of drug-likeness (QED) is 0.574. The van der Waals surface area contributed by atoms with Crippen LogP contribution in [-0.2, 0) is 28.0 Å². The molecule has 0 spiro atoms. The molecule has 2 saturated heterocycles. The van der Waals surface area contributed by atoms with E-state index in [-0.39, 0.29) is 5.91 Å². The number of carboxylic acids is 2. The zero-order chi connectivity index (χ0) is 27.1. The molecule has 3 rings (SSSR count). The van der Waals surface area contributed by atoms with E-state index in [4.69, 9.17) is 19.8 Å². The third kappa shape index (κ3) is 9.71. The van der Waals surface area contributed by atoms with Crippen LogP contribution >= 0.6 is 0 Å². The zero-order valence-corrected chi connectivity index (χ0v) is 19.2. The van der Waals surface area contributed by atoms with Crippen molar-refractivity contribution in [2.24, 2.45) is 7.05 Å². The molecule has 1 aromatic heterocycles. The van der Waals surface area contributed by atoms with E-state index in [0.29, 0.717) is 18.6 Å². The van der Waals surface area contributed by atoms with Crippen LogP contribution in [0, 0.1) is 0 Å². The average Bonchev–Trinajstić information content (AvgIpc) is 3.40. The number of carbonyl (C=O) groups excluding carboxylic acids is 1. The number of fused-ring (bicyclic) bond motifs is 1. The first-order chi connectivity index (χ1) is 15.9. The van der Waals surface area contributed by atoms with Crippen LogP contribution in [-0.4, -0.2) is 111 Å². The Balaban J connectivity index is 0.000000362. The Morgan fingerprint density at radius 3 is 1.77 bits per heavy atom. The molecule has 2 fully saturated rings. The number of amides is 1. The molecule has 0 radical (unpaired) electrons. The molecule has 0 aliphatic carbocycles. The molecule has 2 atom stereocenters. The number of carbonyl (C=O) groups is 3. The lowest BCUT2D eigenvalue weighted by Gasteiger charge is -2.25. The number of alkyl halides is 6. The summed E-state index contributed by atoms with van der Waals surface area (Å²) in [5, 5.41) is 18.5. The summed E-state index contributed by atoms with van der Waals surface area (Å²) in [5.74, 6) is -5.30. The Hall–Kier alpha value is -2.88. The molecule has 2 unspecified atom stereocenters. The van der Waals surface area contributed by atoms with E-state index in [1.165, 1.54) is 18.4 Å². The second-order valence-electron chi connectivity index (χ2n) is 8.07. The minimum atomic E-state index is -5.08. The second-order valence-corrected chi connectivity index (χ2v) is 8.07. The van der Waals surface area contributed by atoms with E-state index in [0.717, 1.165) is 19.6 Å². The fourth-order valence-electron chi connectivity index (χ4n) is 3.66. The van der Waals surface area contributed by atoms with Crippen molar-refractivity contribution in [3.05, 3.63) is 18.0 Å². The molecule has 0 bridgehead atoms. The summed E-state index contributed by atoms with van der Waals surface area (Å²) in [5.41, 5.74) is 1.28. The zero-order valence-electron chi connectivity index (χ0n) is 19.2. The van der Waals surface area contributed by atoms with Crippen LogP contribution in [0.25, 0.3) is 0 Å². The van der Waals surface area contributed by atoms with Gasteiger partial charge in [0.25, 0.3) is 0 Å². The van der Waals surface area contributed by atoms with Crippen molar-refractivity contribution in [1.29, 1.82) is 0 Å². The van der Waals surface area contributed by atoms with E-state index >= 15 is 0 Å². The molecule has 1 amide bonds. The van der Waals surface area contributed by atoms with E-state index < -0.39 is 24.3 Å². The molecule has 2 aliphatic rings. The Morgan fingerprint density at radius 1 is 0.971 bits per heavy atom. The summed E-state index contributed by atoms with van der Waals surface area (Å²) in [4.78, 5) is 36.3. The molecule has 2 aliphatic heterocycles. The summed E-state index contributed by atoms with van der Waals surface area (Å²) in [6.45, 7) is 3.70. The number of rotatable bonds is 4. The van der Waals surface area contributed by atoms with Gasteiger partial charge >= 0.3 is 24.3 Å². The van der Waals surface area contributed by atoms with Crippen LogP contribution in [0.4, 0.5) is 26.3 Å². The SMILES string of the molecule is CN(C)C(=O)CN1CCC2C1CCN2Cc1cnn(C)c1.O=C(O)C(F)(F)F.O=C(O)C(F)(F)F. The number of hydrogen-bond acceptors (Lipinski definition) is 6. The van der Waals surface area contributed by atoms with Gasteiger partial charge in [0.2, 0.25) is 5.91 Å². The molecule has 3 heterocycles. The normalized spacial score (nSPS) is 20.3. The first kappa shape index (κ1) is 30.2. The van der Waals surface area contributed by atoms with Gasteiger partial charge in [-0.3, -0.25) is 19.3 Å². The maximum absolute atomic E-state index is 11.9. The largest absolute Gasteiger partial charge is 0.490 e. The number of likely N-dealkylation sites (N-methyl/N-ethyl adjacent to an activating group) is 1. The van der Waals surface area contributed by atoms with Gasteiger partial charge in [-0.2, -0.15) is 31.4 Å². The minimum Gasteiger partial charge on any atom is -0.475 e. The lowest BCUT2D eigenvalue weighted by molar-refractivity contribution is -0.193. The number of aryl methyl sites for hydroxylation is 1. The van der Waals surface area contributed by atoms with Crippen molar-refractivity contribution in [2.45, 2.75) is 43.8 Å². The van der Waals surface area contributed by atoms with Gasteiger partial charge in [-0.25, -0.2) is 9.59 Å². The Morgan fingerprint density at radius 2 is 1.40 bits per heavy atom. The van der Waals surface area contributed by atoms with Crippen molar-refractivity contribution in [2.75, 3.05) is 33.7 Å². The molecule has 200 valence electrons. The average molecular weight is 519 g/mol. The molecule has 16 heteroatoms. The van der Waals surface area contributed by atoms with Gasteiger partial charge in [0.15, 0.2) is 0 Å². The highest BCUT2D eigenvalue weighted by Gasteiger charge is 2.43. The molecule has 35 heavy (non-hydrogen) atoms. The highest BCUT2D eigenvalue weighted by Crippen LogP contribution is 2.32. The number of hydrogen-bond donors (Lipinski definition) is 2. The van der Waals surface area contributed by atoms with Gasteiger partial charge in [-0.05, 0) is 12.8 Å². The van der Waals surface area contributed by atoms with E-state index in [1.807, 2.05) is 32.0 Å². The standard InChI is InChI=1S/C15H25N5O.2C2HF3O2/c1-17(2)15(21)11-20-7-5-13-14(20)4-6-19(13)10-12-8-16-18(3)9-12;2*3-2(4,5)1(6)7/h8-9,13-14H,4-7,10-11H2,1-3H3;2*(H,6,7). The summed E-state index contributed by atoms with van der Waals surface area (Å²) in [6.07, 6.45) is -3.78. The molecule has 1 aromatic rings. The maximum Gasteiger partial charge on any atom is 0.490 e. The lowest BCUT2D eigenvalue weighted by atomic mass is 10.1. The van der Waals surface area contributed by atoms with Crippen LogP contribution in [0.15, 0.2) is 12.4 Å². The minimum absolute atomic E-state index is 0.210. The van der Waals surface area contributed by atoms with Crippen LogP contribution < -0.4 is 0 Å². The molecular formula is C19H27F6N5O5. The fourth-order valence-corrected chi connectivity index (χ4v) is 3.66. The smallest absolute Gasteiger partial charge is 0.475 e. The fraction of sp³-hybridized carbons (Fsp3) is 0.684. The van der Waals surface area contributed by atoms with Crippen LogP contribution in [0.3, 0.4) is 0 Å². The number of aromatic nitrogens is 2. The van der Waals surface area contributed by atoms with Crippen LogP contribution in [0.1, 0.15) is 18.4 Å². The Labute approximate surface area is 196 Å². The number of aliphatic carboxylic acids is 2. The third-order valence-electron chi connectivity index (χ3n) is 5.27. The van der Waals surface area contributed by atoms with E-state index in [1.54, 1.807) is 4.90 Å². The summed E-state index contributed by atoms with van der Waals surface area (Å²) >= 11 is 0. The topological polar surface area (TPSA) is 119 Å². The first-order valence-electron chi connectivity index (χ1n) is 10.2. The van der Waals surface area contributed by atoms with E-state index in [2.05, 4.69) is 21.1 Å². The molecular weight excluding hydrogens is 492 g/mol. The van der Waals surface area contributed by atoms with Gasteiger partial charge in [-0.15, -0.1) is 0 Å². The summed E-state index contributed by atoms with van der Waals surface area (Å²) in [6, 6.07) is 1.14. The monoisotopic (exact) mass is 519 g/mol. The predicted molar refractivity (Wildman–Crippen MR) is 108 cm³/mol. The van der Waals surface area contributed by atoms with Crippen molar-refractivity contribution in [1.82, 2.24) is 24.5 Å². The molecule has 0 saturated carbocycles. The highest BCUT2D eigenvalue weighted by atomic mass is 19.4. The van der Waals surface area contributed by atoms with Gasteiger partial charge in [0, 0.05) is 64.6 Å². The summed E-state index contributed by atoms with van der Waals surface area (Å²) in [7, 11) is 5.62. The lowest BCUT2D eigenvalue weighted by Crippen LogP contribution is -2.41. The van der Waals surface area contributed by atoms with Gasteiger partial charge in [0.05, 0.1) is 12.7 Å². The Kier molecular flexibility index (Phi) is 10.5. The van der Waals surface area contributed by atoms with Crippen molar-refractivity contribution in [3.63, 3.8) is 0 Å². The van der Waals surface area contributed by atoms with Gasteiger partial charge in [0.1, 0.15) is 0 Å². The first-order valence-corrected chi connectivity index (χ1v) is 10.2. The molecule has 2 N–H and O–H groups in total. The van der Waals surface area contributed by atoms with Crippen molar-refractivity contribution in [3.8, 4) is 0 Å². The van der Waals surface area contributed by atoms with Crippen molar-refractivity contribution < 1.29 is 50.9 Å². The van der Waals surface area contributed by atoms with E-state index in [9.17, 15) is 31.1 Å². The summed E-state index contributed by atoms with van der Waals surface area (Å²) < 4.78 is 65.3. The van der Waals surface area contributed by atoms with Gasteiger partial charge in [-0.1, -0.05) is 0 Å². The number of likely N-dealkylation sites (tertiary alicyclic amines) is 2. The maximum atomic E-state index is 11.9. The van der Waals surface area contributed by atoms with Gasteiger partial charge < -0.3 is 15.1 Å². The predicted octanol–water partition coefficient (Wildman–Crippen LogP) is 1.42. The Bertz CT molecular complexity index is 849. The second kappa shape index (κ2) is 12.2. The number of carboxylic acid groups (broad SMARTS) is 2. The molecule has 10 nitrogen and oxygen atoms in total. The van der Waals surface area contributed by atoms with Crippen molar-refractivity contribution >= 4 is 17.8 Å². The number of halogens is 6. The highest BCUT2D eigenvalue weighted by molar-refractivity contribution is 5.77. The third-order valence-corrected chi connectivity index (χ3v) is 5.27. The number of nitrogens with zero attached hydrogens (tertiary/aromatic N) is 5. The molecule has 0 aromatic carbocycles. The van der Waals surface area contributed by atoms with Crippen LogP contribution in [0.2, 0.25) is 0 Å². The van der Waals surface area contributed by atoms with Crippen LogP contribution in [0.5, 0.6) is 0 Å².